The molecular weight excluding hydrogens is 164 g/mol. The second-order valence-electron chi connectivity index (χ2n) is 2.97. The van der Waals surface area contributed by atoms with Gasteiger partial charge in [-0.15, -0.1) is 0 Å². The predicted molar refractivity (Wildman–Crippen MR) is 42.0 cm³/mol. The number of halogens is 2. The molecule has 1 aromatic heterocycles. The molecule has 0 aliphatic heterocycles. The van der Waals surface area contributed by atoms with Gasteiger partial charge in [0.2, 0.25) is 0 Å². The van der Waals surface area contributed by atoms with Gasteiger partial charge < -0.3 is 5.73 Å². The van der Waals surface area contributed by atoms with Crippen molar-refractivity contribution in [3.8, 4) is 0 Å². The molecule has 0 aliphatic rings. The molecule has 2 N–H and O–H groups in total. The number of nitrogens with zero attached hydrogens (tertiary/aromatic N) is 2. The molecule has 0 saturated carbocycles. The van der Waals surface area contributed by atoms with Crippen molar-refractivity contribution in [3.63, 3.8) is 0 Å². The molecule has 5 heteroatoms. The lowest BCUT2D eigenvalue weighted by molar-refractivity contribution is 0.000672. The topological polar surface area (TPSA) is 43.8 Å². The summed E-state index contributed by atoms with van der Waals surface area (Å²) >= 11 is 0. The van der Waals surface area contributed by atoms with E-state index in [0.29, 0.717) is 5.82 Å². The molecule has 1 heterocycles. The van der Waals surface area contributed by atoms with Crippen LogP contribution in [0, 0.1) is 6.92 Å². The van der Waals surface area contributed by atoms with Crippen LogP contribution in [0.2, 0.25) is 0 Å². The van der Waals surface area contributed by atoms with Gasteiger partial charge in [0, 0.05) is 18.7 Å². The summed E-state index contributed by atoms with van der Waals surface area (Å²) in [5.74, 6) is -2.44. The Morgan fingerprint density at radius 3 is 2.58 bits per heavy atom. The molecule has 0 atom stereocenters. The maximum absolute atomic E-state index is 12.4. The summed E-state index contributed by atoms with van der Waals surface area (Å²) < 4.78 is 26.1. The average molecular weight is 175 g/mol. The van der Waals surface area contributed by atoms with E-state index in [1.807, 2.05) is 0 Å². The molecule has 0 amide bonds. The molecular formula is C7H11F2N3. The SMILES string of the molecule is Cc1cn(CC(C)(F)F)nc1N. The van der Waals surface area contributed by atoms with E-state index in [2.05, 4.69) is 5.10 Å². The fourth-order valence-corrected chi connectivity index (χ4v) is 0.901. The van der Waals surface area contributed by atoms with Crippen LogP contribution in [-0.4, -0.2) is 15.7 Å². The van der Waals surface area contributed by atoms with Gasteiger partial charge in [0.05, 0.1) is 0 Å². The third-order valence-corrected chi connectivity index (χ3v) is 1.42. The first kappa shape index (κ1) is 8.96. The molecule has 68 valence electrons. The van der Waals surface area contributed by atoms with Crippen molar-refractivity contribution in [2.24, 2.45) is 0 Å². The van der Waals surface area contributed by atoms with Crippen LogP contribution >= 0.6 is 0 Å². The zero-order valence-electron chi connectivity index (χ0n) is 7.01. The Bertz CT molecular complexity index is 255. The van der Waals surface area contributed by atoms with Crippen LogP contribution in [0.4, 0.5) is 14.6 Å². The molecule has 0 radical (unpaired) electrons. The van der Waals surface area contributed by atoms with Gasteiger partial charge in [-0.3, -0.25) is 4.68 Å². The maximum Gasteiger partial charge on any atom is 0.264 e. The van der Waals surface area contributed by atoms with E-state index >= 15 is 0 Å². The van der Waals surface area contributed by atoms with Crippen LogP contribution in [0.5, 0.6) is 0 Å². The van der Waals surface area contributed by atoms with Gasteiger partial charge in [-0.1, -0.05) is 0 Å². The molecule has 12 heavy (non-hydrogen) atoms. The highest BCUT2D eigenvalue weighted by Crippen LogP contribution is 2.15. The maximum atomic E-state index is 12.4. The van der Waals surface area contributed by atoms with E-state index in [1.165, 1.54) is 6.20 Å². The number of nitrogen functional groups attached to an aromatic ring is 1. The third-order valence-electron chi connectivity index (χ3n) is 1.42. The molecule has 0 unspecified atom stereocenters. The number of anilines is 1. The Balaban J connectivity index is 2.77. The number of nitrogens with two attached hydrogens (primary N) is 1. The first-order valence-corrected chi connectivity index (χ1v) is 3.56. The van der Waals surface area contributed by atoms with Crippen molar-refractivity contribution in [1.82, 2.24) is 9.78 Å². The van der Waals surface area contributed by atoms with Gasteiger partial charge in [0.25, 0.3) is 5.92 Å². The molecule has 1 aromatic rings. The van der Waals surface area contributed by atoms with Crippen molar-refractivity contribution in [2.45, 2.75) is 26.3 Å². The number of aryl methyl sites for hydroxylation is 1. The Morgan fingerprint density at radius 1 is 1.67 bits per heavy atom. The van der Waals surface area contributed by atoms with Crippen molar-refractivity contribution in [3.05, 3.63) is 11.8 Å². The standard InChI is InChI=1S/C7H11F2N3/c1-5-3-12(11-6(5)10)4-7(2,8)9/h3H,4H2,1-2H3,(H2,10,11). The Hall–Kier alpha value is -1.13. The number of aromatic nitrogens is 2. The van der Waals surface area contributed by atoms with Gasteiger partial charge in [0.15, 0.2) is 0 Å². The average Bonchev–Trinajstić information content (AvgIpc) is 2.07. The van der Waals surface area contributed by atoms with E-state index in [-0.39, 0.29) is 0 Å². The number of alkyl halides is 2. The molecule has 0 aliphatic carbocycles. The minimum Gasteiger partial charge on any atom is -0.382 e. The van der Waals surface area contributed by atoms with Gasteiger partial charge >= 0.3 is 0 Å². The van der Waals surface area contributed by atoms with Crippen molar-refractivity contribution < 1.29 is 8.78 Å². The lowest BCUT2D eigenvalue weighted by atomic mass is 10.4. The van der Waals surface area contributed by atoms with Gasteiger partial charge in [-0.05, 0) is 6.92 Å². The Kier molecular flexibility index (Phi) is 2.04. The third kappa shape index (κ3) is 2.18. The molecule has 1 rings (SSSR count). The van der Waals surface area contributed by atoms with Crippen molar-refractivity contribution >= 4 is 5.82 Å². The van der Waals surface area contributed by atoms with Crippen molar-refractivity contribution in [1.29, 1.82) is 0 Å². The highest BCUT2D eigenvalue weighted by atomic mass is 19.3. The summed E-state index contributed by atoms with van der Waals surface area (Å²) in [6.07, 6.45) is 1.51. The second kappa shape index (κ2) is 2.73. The molecule has 0 bridgehead atoms. The summed E-state index contributed by atoms with van der Waals surface area (Å²) in [6.45, 7) is 2.15. The van der Waals surface area contributed by atoms with Gasteiger partial charge in [-0.25, -0.2) is 8.78 Å². The molecule has 0 aromatic carbocycles. The van der Waals surface area contributed by atoms with Gasteiger partial charge in [0.1, 0.15) is 12.4 Å². The smallest absolute Gasteiger partial charge is 0.264 e. The summed E-state index contributed by atoms with van der Waals surface area (Å²) in [5, 5.41) is 3.71. The summed E-state index contributed by atoms with van der Waals surface area (Å²) in [7, 11) is 0. The first-order valence-electron chi connectivity index (χ1n) is 3.56. The van der Waals surface area contributed by atoms with Crippen LogP contribution in [0.3, 0.4) is 0 Å². The van der Waals surface area contributed by atoms with Gasteiger partial charge in [-0.2, -0.15) is 5.10 Å². The van der Waals surface area contributed by atoms with E-state index in [9.17, 15) is 8.78 Å². The monoisotopic (exact) mass is 175 g/mol. The summed E-state index contributed by atoms with van der Waals surface area (Å²) in [4.78, 5) is 0. The first-order chi connectivity index (χ1) is 5.38. The van der Waals surface area contributed by atoms with Crippen LogP contribution < -0.4 is 5.73 Å². The molecule has 0 fully saturated rings. The summed E-state index contributed by atoms with van der Waals surface area (Å²) in [5.41, 5.74) is 6.10. The van der Waals surface area contributed by atoms with E-state index < -0.39 is 12.5 Å². The van der Waals surface area contributed by atoms with Crippen LogP contribution in [0.25, 0.3) is 0 Å². The minimum atomic E-state index is -2.75. The van der Waals surface area contributed by atoms with Crippen LogP contribution in [0.1, 0.15) is 12.5 Å². The fourth-order valence-electron chi connectivity index (χ4n) is 0.901. The lowest BCUT2D eigenvalue weighted by Gasteiger charge is -2.08. The highest BCUT2D eigenvalue weighted by molar-refractivity contribution is 5.35. The second-order valence-corrected chi connectivity index (χ2v) is 2.97. The quantitative estimate of drug-likeness (QED) is 0.738. The zero-order valence-corrected chi connectivity index (χ0v) is 7.01. The Morgan fingerprint density at radius 2 is 2.25 bits per heavy atom. The van der Waals surface area contributed by atoms with E-state index in [4.69, 9.17) is 5.73 Å². The largest absolute Gasteiger partial charge is 0.382 e. The fraction of sp³-hybridized carbons (Fsp3) is 0.571. The number of hydrogen-bond donors (Lipinski definition) is 1. The number of rotatable bonds is 2. The summed E-state index contributed by atoms with van der Waals surface area (Å²) in [6, 6.07) is 0. The molecule has 3 nitrogen and oxygen atoms in total. The van der Waals surface area contributed by atoms with E-state index in [0.717, 1.165) is 17.2 Å². The highest BCUT2D eigenvalue weighted by Gasteiger charge is 2.22. The Labute approximate surface area is 69.2 Å². The molecule has 0 saturated heterocycles. The van der Waals surface area contributed by atoms with Crippen LogP contribution in [0.15, 0.2) is 6.20 Å². The molecule has 0 spiro atoms. The predicted octanol–water partition coefficient (Wildman–Crippen LogP) is 1.43. The minimum absolute atomic E-state index is 0.305. The lowest BCUT2D eigenvalue weighted by Crippen LogP contribution is -2.19. The zero-order chi connectivity index (χ0) is 9.35. The van der Waals surface area contributed by atoms with Crippen LogP contribution in [-0.2, 0) is 6.54 Å². The van der Waals surface area contributed by atoms with Crippen molar-refractivity contribution in [2.75, 3.05) is 5.73 Å². The van der Waals surface area contributed by atoms with E-state index in [1.54, 1.807) is 6.92 Å². The number of hydrogen-bond acceptors (Lipinski definition) is 2. The normalized spacial score (nSPS) is 12.0.